The summed E-state index contributed by atoms with van der Waals surface area (Å²) in [6, 6.07) is 20.7. The van der Waals surface area contributed by atoms with Gasteiger partial charge in [-0.25, -0.2) is 8.42 Å². The van der Waals surface area contributed by atoms with E-state index in [0.29, 0.717) is 16.4 Å². The number of hydrogen-bond donors (Lipinski definition) is 1. The van der Waals surface area contributed by atoms with Crippen molar-refractivity contribution >= 4 is 38.9 Å². The van der Waals surface area contributed by atoms with Crippen molar-refractivity contribution in [3.05, 3.63) is 88.9 Å². The minimum absolute atomic E-state index is 0.00561. The molecule has 0 saturated carbocycles. The van der Waals surface area contributed by atoms with E-state index in [0.717, 1.165) is 11.1 Å². The van der Waals surface area contributed by atoms with Crippen molar-refractivity contribution in [1.29, 1.82) is 0 Å². The number of nitrogens with one attached hydrogen (secondary N) is 1. The van der Waals surface area contributed by atoms with Crippen molar-refractivity contribution in [1.82, 2.24) is 0 Å². The zero-order valence-corrected chi connectivity index (χ0v) is 18.4. The Morgan fingerprint density at radius 3 is 2.27 bits per heavy atom. The summed E-state index contributed by atoms with van der Waals surface area (Å²) in [6.45, 7) is 3.78. The highest BCUT2D eigenvalue weighted by molar-refractivity contribution is 7.92. The van der Waals surface area contributed by atoms with Crippen molar-refractivity contribution in [2.45, 2.75) is 25.2 Å². The van der Waals surface area contributed by atoms with Crippen LogP contribution in [0.3, 0.4) is 0 Å². The fourth-order valence-corrected chi connectivity index (χ4v) is 4.56. The molecular formula is C23H23ClN2O3S. The summed E-state index contributed by atoms with van der Waals surface area (Å²) in [5.41, 5.74) is 2.96. The highest BCUT2D eigenvalue weighted by atomic mass is 35.5. The average Bonchev–Trinajstić information content (AvgIpc) is 2.72. The van der Waals surface area contributed by atoms with Crippen molar-refractivity contribution in [3.63, 3.8) is 0 Å². The van der Waals surface area contributed by atoms with Gasteiger partial charge < -0.3 is 5.32 Å². The SMILES string of the molecule is Cc1ccc(S(=O)(=O)N(CCC(=O)Nc2ccc(C)c(Cl)c2)c2ccccc2)cc1. The van der Waals surface area contributed by atoms with Gasteiger partial charge >= 0.3 is 0 Å². The molecule has 0 atom stereocenters. The molecule has 30 heavy (non-hydrogen) atoms. The molecule has 0 spiro atoms. The summed E-state index contributed by atoms with van der Waals surface area (Å²) in [5.74, 6) is -0.296. The molecule has 0 heterocycles. The zero-order valence-electron chi connectivity index (χ0n) is 16.8. The van der Waals surface area contributed by atoms with Gasteiger partial charge in [-0.1, -0.05) is 53.6 Å². The van der Waals surface area contributed by atoms with Gasteiger partial charge in [0.25, 0.3) is 10.0 Å². The number of amides is 1. The maximum atomic E-state index is 13.3. The first-order chi connectivity index (χ1) is 14.3. The number of nitrogens with zero attached hydrogens (tertiary/aromatic N) is 1. The molecule has 0 fully saturated rings. The van der Waals surface area contributed by atoms with E-state index in [-0.39, 0.29) is 23.8 Å². The first-order valence-electron chi connectivity index (χ1n) is 9.48. The number of anilines is 2. The molecule has 0 saturated heterocycles. The molecule has 1 N–H and O–H groups in total. The largest absolute Gasteiger partial charge is 0.326 e. The topological polar surface area (TPSA) is 66.5 Å². The van der Waals surface area contributed by atoms with Crippen molar-refractivity contribution < 1.29 is 13.2 Å². The van der Waals surface area contributed by atoms with Gasteiger partial charge in [0, 0.05) is 23.7 Å². The molecule has 0 aliphatic rings. The Balaban J connectivity index is 1.80. The van der Waals surface area contributed by atoms with Crippen LogP contribution in [0, 0.1) is 13.8 Å². The van der Waals surface area contributed by atoms with Crippen LogP contribution in [0.4, 0.5) is 11.4 Å². The Bertz CT molecular complexity index is 1130. The lowest BCUT2D eigenvalue weighted by Gasteiger charge is -2.24. The van der Waals surface area contributed by atoms with Crippen molar-refractivity contribution in [2.75, 3.05) is 16.2 Å². The van der Waals surface area contributed by atoms with Gasteiger partial charge in [-0.05, 0) is 55.8 Å². The van der Waals surface area contributed by atoms with Crippen LogP contribution >= 0.6 is 11.6 Å². The van der Waals surface area contributed by atoms with E-state index in [2.05, 4.69) is 5.32 Å². The number of sulfonamides is 1. The van der Waals surface area contributed by atoms with Crippen LogP contribution in [-0.2, 0) is 14.8 Å². The number of aryl methyl sites for hydroxylation is 2. The number of hydrogen-bond acceptors (Lipinski definition) is 3. The van der Waals surface area contributed by atoms with Gasteiger partial charge in [0.1, 0.15) is 0 Å². The van der Waals surface area contributed by atoms with E-state index in [1.54, 1.807) is 60.7 Å². The quantitative estimate of drug-likeness (QED) is 0.548. The third kappa shape index (κ3) is 5.20. The van der Waals surface area contributed by atoms with Crippen LogP contribution in [0.25, 0.3) is 0 Å². The summed E-state index contributed by atoms with van der Waals surface area (Å²) in [7, 11) is -3.82. The summed E-state index contributed by atoms with van der Waals surface area (Å²) in [4.78, 5) is 12.7. The fraction of sp³-hybridized carbons (Fsp3) is 0.174. The van der Waals surface area contributed by atoms with Crippen LogP contribution in [0.2, 0.25) is 5.02 Å². The molecule has 0 unspecified atom stereocenters. The lowest BCUT2D eigenvalue weighted by molar-refractivity contribution is -0.116. The van der Waals surface area contributed by atoms with Crippen LogP contribution in [0.5, 0.6) is 0 Å². The van der Waals surface area contributed by atoms with E-state index in [9.17, 15) is 13.2 Å². The second-order valence-corrected chi connectivity index (χ2v) is 9.26. The molecule has 156 valence electrons. The number of benzene rings is 3. The van der Waals surface area contributed by atoms with Crippen LogP contribution < -0.4 is 9.62 Å². The number of rotatable bonds is 7. The minimum Gasteiger partial charge on any atom is -0.326 e. The third-order valence-electron chi connectivity index (χ3n) is 4.65. The number of carbonyl (C=O) groups is 1. The summed E-state index contributed by atoms with van der Waals surface area (Å²) < 4.78 is 27.8. The molecule has 0 aliphatic carbocycles. The highest BCUT2D eigenvalue weighted by Gasteiger charge is 2.25. The summed E-state index contributed by atoms with van der Waals surface area (Å²) >= 11 is 6.10. The normalized spacial score (nSPS) is 11.2. The number of halogens is 1. The standard InChI is InChI=1S/C23H23ClN2O3S/c1-17-8-12-21(13-9-17)30(28,29)26(20-6-4-3-5-7-20)15-14-23(27)25-19-11-10-18(2)22(24)16-19/h3-13,16H,14-15H2,1-2H3,(H,25,27). The van der Waals surface area contributed by atoms with Gasteiger partial charge in [0.15, 0.2) is 0 Å². The van der Waals surface area contributed by atoms with Gasteiger partial charge in [-0.15, -0.1) is 0 Å². The minimum atomic E-state index is -3.82. The van der Waals surface area contributed by atoms with E-state index >= 15 is 0 Å². The monoisotopic (exact) mass is 442 g/mol. The van der Waals surface area contributed by atoms with Gasteiger partial charge in [-0.3, -0.25) is 9.10 Å². The smallest absolute Gasteiger partial charge is 0.264 e. The first kappa shape index (κ1) is 21.9. The predicted octanol–water partition coefficient (Wildman–Crippen LogP) is 5.18. The van der Waals surface area contributed by atoms with Crippen LogP contribution in [-0.4, -0.2) is 20.9 Å². The molecule has 5 nitrogen and oxygen atoms in total. The third-order valence-corrected chi connectivity index (χ3v) is 6.90. The number of carbonyl (C=O) groups excluding carboxylic acids is 1. The molecule has 0 radical (unpaired) electrons. The lowest BCUT2D eigenvalue weighted by Crippen LogP contribution is -2.34. The van der Waals surface area contributed by atoms with Crippen LogP contribution in [0.1, 0.15) is 17.5 Å². The Morgan fingerprint density at radius 1 is 0.967 bits per heavy atom. The van der Waals surface area contributed by atoms with E-state index in [4.69, 9.17) is 11.6 Å². The van der Waals surface area contributed by atoms with Crippen molar-refractivity contribution in [3.8, 4) is 0 Å². The molecule has 3 aromatic rings. The Kier molecular flexibility index (Phi) is 6.80. The van der Waals surface area contributed by atoms with Crippen LogP contribution in [0.15, 0.2) is 77.7 Å². The first-order valence-corrected chi connectivity index (χ1v) is 11.3. The molecule has 3 aromatic carbocycles. The van der Waals surface area contributed by atoms with E-state index in [1.807, 2.05) is 26.0 Å². The Labute approximate surface area is 182 Å². The molecule has 1 amide bonds. The molecule has 7 heteroatoms. The van der Waals surface area contributed by atoms with Crippen molar-refractivity contribution in [2.24, 2.45) is 0 Å². The van der Waals surface area contributed by atoms with Gasteiger partial charge in [0.2, 0.25) is 5.91 Å². The zero-order chi connectivity index (χ0) is 21.7. The fourth-order valence-electron chi connectivity index (χ4n) is 2.92. The molecule has 0 bridgehead atoms. The predicted molar refractivity (Wildman–Crippen MR) is 122 cm³/mol. The lowest BCUT2D eigenvalue weighted by atomic mass is 10.2. The maximum Gasteiger partial charge on any atom is 0.264 e. The molecule has 0 aliphatic heterocycles. The molecule has 3 rings (SSSR count). The average molecular weight is 443 g/mol. The molecular weight excluding hydrogens is 420 g/mol. The molecule has 0 aromatic heterocycles. The highest BCUT2D eigenvalue weighted by Crippen LogP contribution is 2.25. The maximum absolute atomic E-state index is 13.3. The second-order valence-electron chi connectivity index (χ2n) is 6.99. The Morgan fingerprint density at radius 2 is 1.63 bits per heavy atom. The summed E-state index contributed by atoms with van der Waals surface area (Å²) in [5, 5.41) is 3.33. The van der Waals surface area contributed by atoms with Gasteiger partial charge in [-0.2, -0.15) is 0 Å². The van der Waals surface area contributed by atoms with E-state index in [1.165, 1.54) is 4.31 Å². The van der Waals surface area contributed by atoms with E-state index < -0.39 is 10.0 Å². The Hall–Kier alpha value is -2.83. The second kappa shape index (κ2) is 9.32. The summed E-state index contributed by atoms with van der Waals surface area (Å²) in [6.07, 6.45) is -0.00845. The number of para-hydroxylation sites is 1. The van der Waals surface area contributed by atoms with Gasteiger partial charge in [0.05, 0.1) is 10.6 Å².